The molecule has 1 aromatic carbocycles. The molecule has 1 fully saturated rings. The van der Waals surface area contributed by atoms with Crippen LogP contribution >= 0.6 is 11.6 Å². The van der Waals surface area contributed by atoms with Crippen LogP contribution in [0.2, 0.25) is 5.02 Å². The Labute approximate surface area is 113 Å². The fourth-order valence-corrected chi connectivity index (χ4v) is 2.51. The molecule has 1 saturated heterocycles. The Kier molecular flexibility index (Phi) is 4.49. The maximum absolute atomic E-state index is 6.22. The lowest BCUT2D eigenvalue weighted by atomic mass is 9.94. The summed E-state index contributed by atoms with van der Waals surface area (Å²) in [5.41, 5.74) is 1.04. The van der Waals surface area contributed by atoms with Crippen LogP contribution in [-0.4, -0.2) is 25.9 Å². The predicted octanol–water partition coefficient (Wildman–Crippen LogP) is 3.01. The van der Waals surface area contributed by atoms with E-state index in [1.54, 1.807) is 7.11 Å². The molecule has 1 unspecified atom stereocenters. The molecule has 18 heavy (non-hydrogen) atoms. The van der Waals surface area contributed by atoms with Gasteiger partial charge in [0.25, 0.3) is 0 Å². The normalized spacial score (nSPS) is 23.9. The van der Waals surface area contributed by atoms with Crippen molar-refractivity contribution in [1.29, 1.82) is 0 Å². The second kappa shape index (κ2) is 5.91. The standard InChI is InChI=1S/C14H20ClNO2/c1-14(7-4-8-18-10-14)16-9-11-12(15)5-3-6-13(11)17-2/h3,5-6,16H,4,7-10H2,1-2H3. The summed E-state index contributed by atoms with van der Waals surface area (Å²) in [6.45, 7) is 4.50. The molecule has 1 N–H and O–H groups in total. The van der Waals surface area contributed by atoms with E-state index in [0.29, 0.717) is 6.54 Å². The van der Waals surface area contributed by atoms with Crippen LogP contribution in [0.25, 0.3) is 0 Å². The number of rotatable bonds is 4. The molecule has 0 saturated carbocycles. The number of hydrogen-bond donors (Lipinski definition) is 1. The van der Waals surface area contributed by atoms with E-state index in [-0.39, 0.29) is 5.54 Å². The van der Waals surface area contributed by atoms with Gasteiger partial charge in [-0.3, -0.25) is 0 Å². The molecule has 1 atom stereocenters. The molecule has 0 spiro atoms. The molecule has 1 aliphatic rings. The van der Waals surface area contributed by atoms with Gasteiger partial charge in [-0.1, -0.05) is 17.7 Å². The maximum atomic E-state index is 6.22. The minimum absolute atomic E-state index is 0.0302. The van der Waals surface area contributed by atoms with Gasteiger partial charge in [-0.2, -0.15) is 0 Å². The third-order valence-corrected chi connectivity index (χ3v) is 3.78. The Morgan fingerprint density at radius 1 is 1.50 bits per heavy atom. The molecule has 0 radical (unpaired) electrons. The number of hydrogen-bond acceptors (Lipinski definition) is 3. The number of halogens is 1. The third-order valence-electron chi connectivity index (χ3n) is 3.43. The van der Waals surface area contributed by atoms with Crippen molar-refractivity contribution in [3.63, 3.8) is 0 Å². The van der Waals surface area contributed by atoms with Crippen LogP contribution in [0.5, 0.6) is 5.75 Å². The molecule has 0 amide bonds. The van der Waals surface area contributed by atoms with Gasteiger partial charge in [-0.25, -0.2) is 0 Å². The lowest BCUT2D eigenvalue weighted by Crippen LogP contribution is -2.48. The molecule has 1 aromatic rings. The molecule has 2 rings (SSSR count). The fraction of sp³-hybridized carbons (Fsp3) is 0.571. The van der Waals surface area contributed by atoms with Gasteiger partial charge in [0.2, 0.25) is 0 Å². The molecular weight excluding hydrogens is 250 g/mol. The summed E-state index contributed by atoms with van der Waals surface area (Å²) in [5.74, 6) is 0.829. The molecule has 4 heteroatoms. The molecule has 100 valence electrons. The van der Waals surface area contributed by atoms with Crippen LogP contribution in [0.15, 0.2) is 18.2 Å². The van der Waals surface area contributed by atoms with Crippen molar-refractivity contribution >= 4 is 11.6 Å². The number of nitrogens with one attached hydrogen (secondary N) is 1. The summed E-state index contributed by atoms with van der Waals surface area (Å²) in [6, 6.07) is 5.72. The monoisotopic (exact) mass is 269 g/mol. The molecule has 1 heterocycles. The highest BCUT2D eigenvalue weighted by Gasteiger charge is 2.27. The quantitative estimate of drug-likeness (QED) is 0.912. The van der Waals surface area contributed by atoms with E-state index in [9.17, 15) is 0 Å². The second-order valence-electron chi connectivity index (χ2n) is 4.99. The molecule has 3 nitrogen and oxygen atoms in total. The fourth-order valence-electron chi connectivity index (χ4n) is 2.28. The minimum atomic E-state index is 0.0302. The van der Waals surface area contributed by atoms with Gasteiger partial charge in [-0.05, 0) is 31.9 Å². The highest BCUT2D eigenvalue weighted by atomic mass is 35.5. The Bertz CT molecular complexity index is 403. The zero-order chi connectivity index (χ0) is 13.0. The smallest absolute Gasteiger partial charge is 0.124 e. The molecule has 0 aromatic heterocycles. The zero-order valence-corrected chi connectivity index (χ0v) is 11.7. The van der Waals surface area contributed by atoms with E-state index in [4.69, 9.17) is 21.1 Å². The van der Waals surface area contributed by atoms with Crippen molar-refractivity contribution in [3.8, 4) is 5.75 Å². The number of benzene rings is 1. The summed E-state index contributed by atoms with van der Waals surface area (Å²) >= 11 is 6.22. The Hall–Kier alpha value is -0.770. The van der Waals surface area contributed by atoms with Gasteiger partial charge in [0.15, 0.2) is 0 Å². The van der Waals surface area contributed by atoms with Crippen LogP contribution in [0.1, 0.15) is 25.3 Å². The lowest BCUT2D eigenvalue weighted by Gasteiger charge is -2.34. The Morgan fingerprint density at radius 2 is 2.33 bits per heavy atom. The van der Waals surface area contributed by atoms with Gasteiger partial charge in [-0.15, -0.1) is 0 Å². The van der Waals surface area contributed by atoms with Gasteiger partial charge >= 0.3 is 0 Å². The van der Waals surface area contributed by atoms with Crippen molar-refractivity contribution < 1.29 is 9.47 Å². The van der Waals surface area contributed by atoms with Gasteiger partial charge < -0.3 is 14.8 Å². The third kappa shape index (κ3) is 3.16. The largest absolute Gasteiger partial charge is 0.496 e. The van der Waals surface area contributed by atoms with Crippen LogP contribution in [0, 0.1) is 0 Å². The molecule has 1 aliphatic heterocycles. The van der Waals surface area contributed by atoms with Crippen molar-refractivity contribution in [2.45, 2.75) is 31.8 Å². The molecular formula is C14H20ClNO2. The van der Waals surface area contributed by atoms with Crippen molar-refractivity contribution in [2.24, 2.45) is 0 Å². The summed E-state index contributed by atoms with van der Waals surface area (Å²) in [6.07, 6.45) is 2.23. The van der Waals surface area contributed by atoms with Crippen LogP contribution in [0.4, 0.5) is 0 Å². The van der Waals surface area contributed by atoms with Gasteiger partial charge in [0, 0.05) is 29.3 Å². The van der Waals surface area contributed by atoms with Crippen molar-refractivity contribution in [2.75, 3.05) is 20.3 Å². The van der Waals surface area contributed by atoms with Crippen LogP contribution in [-0.2, 0) is 11.3 Å². The number of methoxy groups -OCH3 is 1. The average Bonchev–Trinajstić information content (AvgIpc) is 2.38. The average molecular weight is 270 g/mol. The first kappa shape index (κ1) is 13.7. The summed E-state index contributed by atoms with van der Waals surface area (Å²) in [4.78, 5) is 0. The van der Waals surface area contributed by atoms with Gasteiger partial charge in [0.1, 0.15) is 5.75 Å². The minimum Gasteiger partial charge on any atom is -0.496 e. The van der Waals surface area contributed by atoms with Crippen LogP contribution in [0.3, 0.4) is 0 Å². The van der Waals surface area contributed by atoms with E-state index < -0.39 is 0 Å². The zero-order valence-electron chi connectivity index (χ0n) is 11.0. The molecule has 0 bridgehead atoms. The van der Waals surface area contributed by atoms with E-state index in [2.05, 4.69) is 12.2 Å². The summed E-state index contributed by atoms with van der Waals surface area (Å²) in [7, 11) is 1.67. The second-order valence-corrected chi connectivity index (χ2v) is 5.40. The van der Waals surface area contributed by atoms with E-state index >= 15 is 0 Å². The predicted molar refractivity (Wildman–Crippen MR) is 73.3 cm³/mol. The Morgan fingerprint density at radius 3 is 3.00 bits per heavy atom. The van der Waals surface area contributed by atoms with E-state index in [0.717, 1.165) is 42.4 Å². The summed E-state index contributed by atoms with van der Waals surface area (Å²) < 4.78 is 10.9. The number of ether oxygens (including phenoxy) is 2. The Balaban J connectivity index is 2.05. The molecule has 0 aliphatic carbocycles. The SMILES string of the molecule is COc1cccc(Cl)c1CNC1(C)CCCOC1. The van der Waals surface area contributed by atoms with Gasteiger partial charge in [0.05, 0.1) is 13.7 Å². The highest BCUT2D eigenvalue weighted by molar-refractivity contribution is 6.31. The highest BCUT2D eigenvalue weighted by Crippen LogP contribution is 2.27. The lowest BCUT2D eigenvalue weighted by molar-refractivity contribution is 0.0277. The van der Waals surface area contributed by atoms with E-state index in [1.807, 2.05) is 18.2 Å². The maximum Gasteiger partial charge on any atom is 0.124 e. The van der Waals surface area contributed by atoms with Crippen molar-refractivity contribution in [3.05, 3.63) is 28.8 Å². The van der Waals surface area contributed by atoms with Crippen LogP contribution < -0.4 is 10.1 Å². The first-order valence-corrected chi connectivity index (χ1v) is 6.66. The first-order valence-electron chi connectivity index (χ1n) is 6.29. The van der Waals surface area contributed by atoms with E-state index in [1.165, 1.54) is 0 Å². The first-order chi connectivity index (χ1) is 8.64. The summed E-state index contributed by atoms with van der Waals surface area (Å²) in [5, 5.41) is 4.28. The van der Waals surface area contributed by atoms with Crippen molar-refractivity contribution in [1.82, 2.24) is 5.32 Å². The topological polar surface area (TPSA) is 30.5 Å².